The third kappa shape index (κ3) is 4.86. The number of rotatable bonds is 7. The second kappa shape index (κ2) is 7.78. The Morgan fingerprint density at radius 3 is 2.38 bits per heavy atom. The predicted molar refractivity (Wildman–Crippen MR) is 82.6 cm³/mol. The zero-order chi connectivity index (χ0) is 16.0. The summed E-state index contributed by atoms with van der Waals surface area (Å²) in [6.07, 6.45) is 0. The Balaban J connectivity index is 2.94. The van der Waals surface area contributed by atoms with E-state index in [4.69, 9.17) is 4.74 Å². The van der Waals surface area contributed by atoms with Crippen molar-refractivity contribution in [2.24, 2.45) is 0 Å². The standard InChI is InChI=1S/C16H24N2O3/c1-6-18(11-16(20)17(3)4)10-14-9-13(12(2)19)7-8-15(14)21-5/h7-9H,6,10-11H2,1-5H3. The predicted octanol–water partition coefficient (Wildman–Crippen LogP) is 1.81. The maximum Gasteiger partial charge on any atom is 0.236 e. The normalized spacial score (nSPS) is 10.6. The number of hydrogen-bond donors (Lipinski definition) is 0. The van der Waals surface area contributed by atoms with Crippen LogP contribution >= 0.6 is 0 Å². The zero-order valence-corrected chi connectivity index (χ0v) is 13.5. The largest absolute Gasteiger partial charge is 0.496 e. The highest BCUT2D eigenvalue weighted by Gasteiger charge is 2.14. The van der Waals surface area contributed by atoms with Gasteiger partial charge in [0, 0.05) is 31.8 Å². The highest BCUT2D eigenvalue weighted by molar-refractivity contribution is 5.94. The third-order valence-electron chi connectivity index (χ3n) is 3.39. The molecule has 0 atom stereocenters. The number of carbonyl (C=O) groups excluding carboxylic acids is 2. The number of ether oxygens (including phenoxy) is 1. The number of methoxy groups -OCH3 is 1. The molecule has 5 nitrogen and oxygen atoms in total. The highest BCUT2D eigenvalue weighted by atomic mass is 16.5. The number of carbonyl (C=O) groups is 2. The number of nitrogens with zero attached hydrogens (tertiary/aromatic N) is 2. The Morgan fingerprint density at radius 2 is 1.90 bits per heavy atom. The summed E-state index contributed by atoms with van der Waals surface area (Å²) in [6, 6.07) is 5.39. The van der Waals surface area contributed by atoms with Crippen molar-refractivity contribution in [2.45, 2.75) is 20.4 Å². The zero-order valence-electron chi connectivity index (χ0n) is 13.5. The molecule has 0 radical (unpaired) electrons. The molecule has 1 aromatic rings. The molecule has 0 aliphatic heterocycles. The fraction of sp³-hybridized carbons (Fsp3) is 0.500. The molecular weight excluding hydrogens is 268 g/mol. The van der Waals surface area contributed by atoms with E-state index < -0.39 is 0 Å². The minimum absolute atomic E-state index is 0.0197. The molecule has 21 heavy (non-hydrogen) atoms. The van der Waals surface area contributed by atoms with E-state index >= 15 is 0 Å². The summed E-state index contributed by atoms with van der Waals surface area (Å²) in [5.41, 5.74) is 1.57. The molecule has 0 spiro atoms. The molecule has 0 aliphatic rings. The van der Waals surface area contributed by atoms with Crippen LogP contribution in [0, 0.1) is 0 Å². The summed E-state index contributed by atoms with van der Waals surface area (Å²) in [5, 5.41) is 0. The van der Waals surface area contributed by atoms with Crippen molar-refractivity contribution < 1.29 is 14.3 Å². The average Bonchev–Trinajstić information content (AvgIpc) is 2.45. The van der Waals surface area contributed by atoms with E-state index in [0.717, 1.165) is 17.9 Å². The Bertz CT molecular complexity index is 512. The topological polar surface area (TPSA) is 49.9 Å². The number of ketones is 1. The molecule has 0 unspecified atom stereocenters. The Hall–Kier alpha value is -1.88. The number of amides is 1. The van der Waals surface area contributed by atoms with E-state index in [9.17, 15) is 9.59 Å². The molecule has 0 N–H and O–H groups in total. The van der Waals surface area contributed by atoms with Crippen molar-refractivity contribution in [1.29, 1.82) is 0 Å². The summed E-state index contributed by atoms with van der Waals surface area (Å²) in [7, 11) is 5.09. The van der Waals surface area contributed by atoms with Gasteiger partial charge in [0.25, 0.3) is 0 Å². The van der Waals surface area contributed by atoms with Gasteiger partial charge in [-0.2, -0.15) is 0 Å². The first-order valence-corrected chi connectivity index (χ1v) is 6.99. The van der Waals surface area contributed by atoms with Crippen LogP contribution in [0.15, 0.2) is 18.2 Å². The van der Waals surface area contributed by atoms with Crippen molar-refractivity contribution in [3.05, 3.63) is 29.3 Å². The molecule has 5 heteroatoms. The van der Waals surface area contributed by atoms with Crippen LogP contribution in [-0.2, 0) is 11.3 Å². The third-order valence-corrected chi connectivity index (χ3v) is 3.39. The van der Waals surface area contributed by atoms with Gasteiger partial charge in [-0.05, 0) is 31.7 Å². The summed E-state index contributed by atoms with van der Waals surface area (Å²) in [4.78, 5) is 26.9. The lowest BCUT2D eigenvalue weighted by atomic mass is 10.1. The number of Topliss-reactive ketones (excluding diaryl/α,β-unsaturated/α-hetero) is 1. The molecule has 0 heterocycles. The molecule has 0 bridgehead atoms. The quantitative estimate of drug-likeness (QED) is 0.719. The van der Waals surface area contributed by atoms with Crippen molar-refractivity contribution in [3.8, 4) is 5.75 Å². The van der Waals surface area contributed by atoms with Crippen LogP contribution in [0.1, 0.15) is 29.8 Å². The first-order chi connectivity index (χ1) is 9.88. The Labute approximate surface area is 126 Å². The van der Waals surface area contributed by atoms with Crippen LogP contribution in [-0.4, -0.2) is 55.8 Å². The van der Waals surface area contributed by atoms with Gasteiger partial charge in [-0.25, -0.2) is 0 Å². The van der Waals surface area contributed by atoms with E-state index in [-0.39, 0.29) is 11.7 Å². The summed E-state index contributed by atoms with van der Waals surface area (Å²) in [5.74, 6) is 0.806. The molecule has 1 rings (SSSR count). The van der Waals surface area contributed by atoms with Crippen LogP contribution in [0.5, 0.6) is 5.75 Å². The Kier molecular flexibility index (Phi) is 6.37. The number of likely N-dealkylation sites (N-methyl/N-ethyl adjacent to an activating group) is 2. The van der Waals surface area contributed by atoms with Crippen LogP contribution < -0.4 is 4.74 Å². The van der Waals surface area contributed by atoms with Gasteiger partial charge in [-0.1, -0.05) is 6.92 Å². The first-order valence-electron chi connectivity index (χ1n) is 6.99. The second-order valence-electron chi connectivity index (χ2n) is 5.17. The molecule has 1 amide bonds. The summed E-state index contributed by atoms with van der Waals surface area (Å²) >= 11 is 0. The van der Waals surface area contributed by atoms with Crippen LogP contribution in [0.4, 0.5) is 0 Å². The molecule has 0 saturated heterocycles. The minimum atomic E-state index is 0.0197. The Morgan fingerprint density at radius 1 is 1.24 bits per heavy atom. The van der Waals surface area contributed by atoms with E-state index in [1.165, 1.54) is 0 Å². The van der Waals surface area contributed by atoms with Gasteiger partial charge in [0.05, 0.1) is 13.7 Å². The van der Waals surface area contributed by atoms with Gasteiger partial charge < -0.3 is 9.64 Å². The molecule has 116 valence electrons. The van der Waals surface area contributed by atoms with Crippen LogP contribution in [0.2, 0.25) is 0 Å². The minimum Gasteiger partial charge on any atom is -0.496 e. The van der Waals surface area contributed by atoms with Gasteiger partial charge in [-0.15, -0.1) is 0 Å². The maximum absolute atomic E-state index is 11.8. The van der Waals surface area contributed by atoms with E-state index in [0.29, 0.717) is 18.7 Å². The smallest absolute Gasteiger partial charge is 0.236 e. The lowest BCUT2D eigenvalue weighted by molar-refractivity contribution is -0.130. The summed E-state index contributed by atoms with van der Waals surface area (Å²) in [6.45, 7) is 5.20. The van der Waals surface area contributed by atoms with Crippen LogP contribution in [0.25, 0.3) is 0 Å². The van der Waals surface area contributed by atoms with E-state index in [1.807, 2.05) is 17.9 Å². The van der Waals surface area contributed by atoms with Crippen molar-refractivity contribution in [2.75, 3.05) is 34.3 Å². The van der Waals surface area contributed by atoms with Gasteiger partial charge in [-0.3, -0.25) is 14.5 Å². The molecule has 0 fully saturated rings. The lowest BCUT2D eigenvalue weighted by Crippen LogP contribution is -2.36. The number of benzene rings is 1. The summed E-state index contributed by atoms with van der Waals surface area (Å²) < 4.78 is 5.34. The average molecular weight is 292 g/mol. The van der Waals surface area contributed by atoms with Crippen molar-refractivity contribution in [1.82, 2.24) is 9.80 Å². The monoisotopic (exact) mass is 292 g/mol. The van der Waals surface area contributed by atoms with E-state index in [2.05, 4.69) is 0 Å². The highest BCUT2D eigenvalue weighted by Crippen LogP contribution is 2.22. The second-order valence-corrected chi connectivity index (χ2v) is 5.17. The molecule has 0 aromatic heterocycles. The van der Waals surface area contributed by atoms with Crippen molar-refractivity contribution >= 4 is 11.7 Å². The molecular formula is C16H24N2O3. The fourth-order valence-corrected chi connectivity index (χ4v) is 1.97. The number of hydrogen-bond acceptors (Lipinski definition) is 4. The van der Waals surface area contributed by atoms with Gasteiger partial charge in [0.15, 0.2) is 5.78 Å². The fourth-order valence-electron chi connectivity index (χ4n) is 1.97. The van der Waals surface area contributed by atoms with Crippen LogP contribution in [0.3, 0.4) is 0 Å². The molecule has 1 aromatic carbocycles. The maximum atomic E-state index is 11.8. The lowest BCUT2D eigenvalue weighted by Gasteiger charge is -2.23. The molecule has 0 saturated carbocycles. The SMILES string of the molecule is CCN(CC(=O)N(C)C)Cc1cc(C(C)=O)ccc1OC. The van der Waals surface area contributed by atoms with Gasteiger partial charge >= 0.3 is 0 Å². The first kappa shape index (κ1) is 17.2. The van der Waals surface area contributed by atoms with Gasteiger partial charge in [0.1, 0.15) is 5.75 Å². The van der Waals surface area contributed by atoms with Gasteiger partial charge in [0.2, 0.25) is 5.91 Å². The van der Waals surface area contributed by atoms with E-state index in [1.54, 1.807) is 45.2 Å². The molecule has 0 aliphatic carbocycles. The van der Waals surface area contributed by atoms with Crippen molar-refractivity contribution in [3.63, 3.8) is 0 Å².